The first-order valence-electron chi connectivity index (χ1n) is 9.80. The van der Waals surface area contributed by atoms with Crippen LogP contribution in [-0.4, -0.2) is 16.7 Å². The summed E-state index contributed by atoms with van der Waals surface area (Å²) in [6.07, 6.45) is 9.04. The number of fused-ring (bicyclic) bond motifs is 1. The molecule has 2 aromatic carbocycles. The summed E-state index contributed by atoms with van der Waals surface area (Å²) in [5, 5.41) is 0. The average Bonchev–Trinajstić information content (AvgIpc) is 2.95. The van der Waals surface area contributed by atoms with E-state index in [0.717, 1.165) is 18.4 Å². The van der Waals surface area contributed by atoms with Crippen LogP contribution in [0.5, 0.6) is 0 Å². The molecule has 3 rings (SSSR count). The molecule has 0 saturated heterocycles. The van der Waals surface area contributed by atoms with Crippen LogP contribution in [0.25, 0.3) is 0 Å². The Hall–Kier alpha value is -2.68. The van der Waals surface area contributed by atoms with Gasteiger partial charge < -0.3 is 0 Å². The standard InChI is InChI=1S/C24H27NO2/c1-3-4-5-6-7-8-11-19-14-16-20(17-15-19)18(2)25-23(26)21-12-9-10-13-22(21)24(25)27/h3,9-10,12-18H,1,4-8,11H2,2H3/t18-/m0/s1. The van der Waals surface area contributed by atoms with Crippen molar-refractivity contribution in [3.63, 3.8) is 0 Å². The van der Waals surface area contributed by atoms with Crippen LogP contribution in [0.15, 0.2) is 61.2 Å². The van der Waals surface area contributed by atoms with E-state index in [1.165, 1.54) is 36.1 Å². The quantitative estimate of drug-likeness (QED) is 0.325. The van der Waals surface area contributed by atoms with Gasteiger partial charge in [0, 0.05) is 0 Å². The molecule has 3 nitrogen and oxygen atoms in total. The molecule has 1 aliphatic heterocycles. The minimum atomic E-state index is -0.273. The molecule has 0 fully saturated rings. The number of unbranched alkanes of at least 4 members (excludes halogenated alkanes) is 4. The van der Waals surface area contributed by atoms with E-state index in [-0.39, 0.29) is 17.9 Å². The van der Waals surface area contributed by atoms with Crippen molar-refractivity contribution >= 4 is 11.8 Å². The maximum absolute atomic E-state index is 12.6. The van der Waals surface area contributed by atoms with E-state index in [0.29, 0.717) is 11.1 Å². The van der Waals surface area contributed by atoms with Gasteiger partial charge in [-0.25, -0.2) is 0 Å². The fourth-order valence-corrected chi connectivity index (χ4v) is 3.64. The lowest BCUT2D eigenvalue weighted by Crippen LogP contribution is -2.32. The van der Waals surface area contributed by atoms with E-state index < -0.39 is 0 Å². The van der Waals surface area contributed by atoms with Gasteiger partial charge in [-0.2, -0.15) is 0 Å². The van der Waals surface area contributed by atoms with E-state index in [1.807, 2.05) is 25.1 Å². The highest BCUT2D eigenvalue weighted by atomic mass is 16.2. The molecule has 0 bridgehead atoms. The van der Waals surface area contributed by atoms with Crippen LogP contribution < -0.4 is 0 Å². The Bertz CT molecular complexity index is 788. The third kappa shape index (κ3) is 4.19. The second-order valence-corrected chi connectivity index (χ2v) is 7.19. The van der Waals surface area contributed by atoms with Crippen LogP contribution in [0.3, 0.4) is 0 Å². The summed E-state index contributed by atoms with van der Waals surface area (Å²) in [6, 6.07) is 15.1. The Labute approximate surface area is 161 Å². The van der Waals surface area contributed by atoms with E-state index in [9.17, 15) is 9.59 Å². The molecule has 2 amide bonds. The fraction of sp³-hybridized carbons (Fsp3) is 0.333. The molecule has 0 radical (unpaired) electrons. The topological polar surface area (TPSA) is 37.4 Å². The zero-order chi connectivity index (χ0) is 19.2. The highest BCUT2D eigenvalue weighted by molar-refractivity contribution is 6.21. The summed E-state index contributed by atoms with van der Waals surface area (Å²) < 4.78 is 0. The number of hydrogen-bond acceptors (Lipinski definition) is 2. The summed E-state index contributed by atoms with van der Waals surface area (Å²) in [5.74, 6) is -0.404. The number of aryl methyl sites for hydroxylation is 1. The number of imide groups is 1. The lowest BCUT2D eigenvalue weighted by Gasteiger charge is -2.23. The maximum Gasteiger partial charge on any atom is 0.262 e. The number of rotatable bonds is 9. The van der Waals surface area contributed by atoms with Crippen molar-refractivity contribution in [2.45, 2.75) is 51.5 Å². The molecule has 0 aromatic heterocycles. The van der Waals surface area contributed by atoms with Crippen molar-refractivity contribution < 1.29 is 9.59 Å². The van der Waals surface area contributed by atoms with Crippen LogP contribution in [0.4, 0.5) is 0 Å². The molecule has 1 atom stereocenters. The minimum Gasteiger partial charge on any atom is -0.269 e. The van der Waals surface area contributed by atoms with Crippen LogP contribution in [0, 0.1) is 0 Å². The fourth-order valence-electron chi connectivity index (χ4n) is 3.64. The van der Waals surface area contributed by atoms with Gasteiger partial charge in [-0.1, -0.05) is 55.3 Å². The summed E-state index contributed by atoms with van der Waals surface area (Å²) in [6.45, 7) is 5.67. The third-order valence-corrected chi connectivity index (χ3v) is 5.30. The highest BCUT2D eigenvalue weighted by Gasteiger charge is 2.38. The number of benzene rings is 2. The number of nitrogens with zero attached hydrogens (tertiary/aromatic N) is 1. The van der Waals surface area contributed by atoms with Crippen molar-refractivity contribution in [3.05, 3.63) is 83.4 Å². The van der Waals surface area contributed by atoms with Gasteiger partial charge in [0.15, 0.2) is 0 Å². The van der Waals surface area contributed by atoms with Gasteiger partial charge >= 0.3 is 0 Å². The molecule has 1 aliphatic rings. The summed E-state index contributed by atoms with van der Waals surface area (Å²) in [5.41, 5.74) is 3.29. The Balaban J connectivity index is 1.60. The van der Waals surface area contributed by atoms with E-state index in [2.05, 4.69) is 18.7 Å². The van der Waals surface area contributed by atoms with Crippen molar-refractivity contribution in [3.8, 4) is 0 Å². The average molecular weight is 361 g/mol. The lowest BCUT2D eigenvalue weighted by molar-refractivity contribution is 0.0595. The molecule has 2 aromatic rings. The summed E-state index contributed by atoms with van der Waals surface area (Å²) >= 11 is 0. The first-order valence-corrected chi connectivity index (χ1v) is 9.80. The number of amides is 2. The van der Waals surface area contributed by atoms with Crippen LogP contribution >= 0.6 is 0 Å². The second kappa shape index (κ2) is 8.81. The summed E-state index contributed by atoms with van der Waals surface area (Å²) in [7, 11) is 0. The maximum atomic E-state index is 12.6. The zero-order valence-electron chi connectivity index (χ0n) is 16.0. The van der Waals surface area contributed by atoms with Crippen LogP contribution in [-0.2, 0) is 6.42 Å². The van der Waals surface area contributed by atoms with Crippen molar-refractivity contribution in [2.24, 2.45) is 0 Å². The molecular weight excluding hydrogens is 334 g/mol. The monoisotopic (exact) mass is 361 g/mol. The minimum absolute atomic E-state index is 0.202. The molecule has 0 saturated carbocycles. The SMILES string of the molecule is C=CCCCCCCc1ccc([C@H](C)N2C(=O)c3ccccc3C2=O)cc1. The Morgan fingerprint density at radius 3 is 2.07 bits per heavy atom. The Kier molecular flexibility index (Phi) is 6.23. The third-order valence-electron chi connectivity index (χ3n) is 5.30. The molecule has 140 valence electrons. The normalized spacial score (nSPS) is 14.3. The van der Waals surface area contributed by atoms with Gasteiger partial charge in [0.1, 0.15) is 0 Å². The number of carbonyl (C=O) groups is 2. The summed E-state index contributed by atoms with van der Waals surface area (Å²) in [4.78, 5) is 26.6. The molecule has 27 heavy (non-hydrogen) atoms. The molecule has 3 heteroatoms. The van der Waals surface area contributed by atoms with Gasteiger partial charge in [-0.05, 0) is 55.9 Å². The van der Waals surface area contributed by atoms with Crippen molar-refractivity contribution in [2.75, 3.05) is 0 Å². The zero-order valence-corrected chi connectivity index (χ0v) is 16.0. The molecular formula is C24H27NO2. The van der Waals surface area contributed by atoms with Crippen LogP contribution in [0.1, 0.15) is 76.9 Å². The molecule has 0 N–H and O–H groups in total. The molecule has 0 aliphatic carbocycles. The van der Waals surface area contributed by atoms with Crippen molar-refractivity contribution in [1.82, 2.24) is 4.90 Å². The number of allylic oxidation sites excluding steroid dienone is 1. The first-order chi connectivity index (χ1) is 13.1. The largest absolute Gasteiger partial charge is 0.269 e. The smallest absolute Gasteiger partial charge is 0.262 e. The lowest BCUT2D eigenvalue weighted by atomic mass is 10.0. The van der Waals surface area contributed by atoms with E-state index >= 15 is 0 Å². The molecule has 0 spiro atoms. The highest BCUT2D eigenvalue weighted by Crippen LogP contribution is 2.31. The second-order valence-electron chi connectivity index (χ2n) is 7.19. The first kappa shape index (κ1) is 19.1. The van der Waals surface area contributed by atoms with Gasteiger partial charge in [0.2, 0.25) is 0 Å². The van der Waals surface area contributed by atoms with Crippen LogP contribution in [0.2, 0.25) is 0 Å². The molecule has 0 unspecified atom stereocenters. The van der Waals surface area contributed by atoms with Crippen molar-refractivity contribution in [1.29, 1.82) is 0 Å². The van der Waals surface area contributed by atoms with E-state index in [1.54, 1.807) is 24.3 Å². The number of hydrogen-bond donors (Lipinski definition) is 0. The van der Waals surface area contributed by atoms with E-state index in [4.69, 9.17) is 0 Å². The van der Waals surface area contributed by atoms with Gasteiger partial charge in [0.25, 0.3) is 11.8 Å². The Morgan fingerprint density at radius 1 is 0.889 bits per heavy atom. The molecule has 1 heterocycles. The van der Waals surface area contributed by atoms with Gasteiger partial charge in [-0.3, -0.25) is 14.5 Å². The predicted molar refractivity (Wildman–Crippen MR) is 109 cm³/mol. The van der Waals surface area contributed by atoms with Gasteiger partial charge in [0.05, 0.1) is 17.2 Å². The predicted octanol–water partition coefficient (Wildman–Crippen LogP) is 5.72. The van der Waals surface area contributed by atoms with Gasteiger partial charge in [-0.15, -0.1) is 6.58 Å². The number of carbonyl (C=O) groups excluding carboxylic acids is 2. The Morgan fingerprint density at radius 2 is 1.48 bits per heavy atom.